The smallest absolute Gasteiger partial charge is 0.262 e. The first kappa shape index (κ1) is 24.3. The lowest BCUT2D eigenvalue weighted by Crippen LogP contribution is -2.43. The second-order valence-corrected chi connectivity index (χ2v) is 9.03. The molecule has 0 radical (unpaired) electrons. The van der Waals surface area contributed by atoms with Gasteiger partial charge in [-0.15, -0.1) is 0 Å². The molecule has 3 rings (SSSR count). The van der Waals surface area contributed by atoms with Crippen molar-refractivity contribution in [2.75, 3.05) is 13.2 Å². The third-order valence-electron chi connectivity index (χ3n) is 6.48. The van der Waals surface area contributed by atoms with Gasteiger partial charge in [-0.25, -0.2) is 0 Å². The molecule has 1 heterocycles. The molecule has 2 aromatic rings. The second-order valence-electron chi connectivity index (χ2n) is 8.64. The van der Waals surface area contributed by atoms with Crippen LogP contribution >= 0.6 is 12.2 Å². The van der Waals surface area contributed by atoms with E-state index >= 15 is 0 Å². The van der Waals surface area contributed by atoms with Gasteiger partial charge in [-0.3, -0.25) is 14.2 Å². The van der Waals surface area contributed by atoms with Crippen molar-refractivity contribution >= 4 is 29.0 Å². The molecule has 1 aliphatic carbocycles. The van der Waals surface area contributed by atoms with Crippen molar-refractivity contribution in [3.63, 3.8) is 0 Å². The summed E-state index contributed by atoms with van der Waals surface area (Å²) in [4.78, 5) is 28.7. The summed E-state index contributed by atoms with van der Waals surface area (Å²) in [6.45, 7) is 9.59. The second kappa shape index (κ2) is 11.0. The maximum Gasteiger partial charge on any atom is 0.262 e. The highest BCUT2D eigenvalue weighted by atomic mass is 32.1. The van der Waals surface area contributed by atoms with Crippen molar-refractivity contribution in [1.82, 2.24) is 14.9 Å². The minimum atomic E-state index is -0.192. The Balaban J connectivity index is 1.71. The predicted molar refractivity (Wildman–Crippen MR) is 129 cm³/mol. The maximum atomic E-state index is 13.1. The van der Waals surface area contributed by atoms with E-state index in [-0.39, 0.29) is 17.5 Å². The van der Waals surface area contributed by atoms with Gasteiger partial charge in [-0.1, -0.05) is 26.7 Å². The molecule has 0 unspecified atom stereocenters. The average molecular weight is 462 g/mol. The van der Waals surface area contributed by atoms with Crippen LogP contribution in [0.4, 0.5) is 0 Å². The van der Waals surface area contributed by atoms with E-state index < -0.39 is 0 Å². The third kappa shape index (κ3) is 5.52. The topological polar surface area (TPSA) is 85.4 Å². The number of hydrogen-bond acceptors (Lipinski definition) is 5. The van der Waals surface area contributed by atoms with Crippen LogP contribution in [0.1, 0.15) is 59.8 Å². The standard InChI is InChI=1S/C24H35N3O4S/c1-5-30-20-13-17-19(14-21(20)31-6-2)26-24(32)27(23(17)29)12-8-11-22(28)25-18-10-7-9-15(3)16(18)4/h13-16,18H,5-12H2,1-4H3,(H,25,28)(H,26,32)/t15-,16-,18-/m1/s1. The zero-order valence-electron chi connectivity index (χ0n) is 19.5. The molecule has 7 nitrogen and oxygen atoms in total. The summed E-state index contributed by atoms with van der Waals surface area (Å²) in [5.74, 6) is 2.28. The van der Waals surface area contributed by atoms with E-state index in [2.05, 4.69) is 24.1 Å². The Labute approximate surface area is 194 Å². The molecule has 2 N–H and O–H groups in total. The molecule has 8 heteroatoms. The van der Waals surface area contributed by atoms with E-state index in [4.69, 9.17) is 21.7 Å². The molecule has 0 saturated heterocycles. The summed E-state index contributed by atoms with van der Waals surface area (Å²) in [7, 11) is 0. The average Bonchev–Trinajstić information content (AvgIpc) is 2.75. The fourth-order valence-electron chi connectivity index (χ4n) is 4.46. The zero-order chi connectivity index (χ0) is 23.3. The molecule has 176 valence electrons. The first-order valence-corrected chi connectivity index (χ1v) is 12.1. The quantitative estimate of drug-likeness (QED) is 0.534. The molecule has 0 bridgehead atoms. The van der Waals surface area contributed by atoms with Crippen molar-refractivity contribution in [1.29, 1.82) is 0 Å². The van der Waals surface area contributed by atoms with Crippen LogP contribution < -0.4 is 20.3 Å². The minimum Gasteiger partial charge on any atom is -0.490 e. The monoisotopic (exact) mass is 461 g/mol. The SMILES string of the molecule is CCOc1cc2[nH]c(=S)n(CCCC(=O)N[C@@H]3CCC[C@@H](C)[C@H]3C)c(=O)c2cc1OCC. The minimum absolute atomic E-state index is 0.0414. The Morgan fingerprint density at radius 2 is 1.88 bits per heavy atom. The van der Waals surface area contributed by atoms with Crippen LogP contribution in [0.2, 0.25) is 0 Å². The van der Waals surface area contributed by atoms with Crippen LogP contribution in [0.15, 0.2) is 16.9 Å². The number of rotatable bonds is 9. The molecule has 32 heavy (non-hydrogen) atoms. The van der Waals surface area contributed by atoms with Crippen molar-refractivity contribution in [3.05, 3.63) is 27.3 Å². The van der Waals surface area contributed by atoms with Crippen LogP contribution in [-0.2, 0) is 11.3 Å². The van der Waals surface area contributed by atoms with Gasteiger partial charge in [0.25, 0.3) is 5.56 Å². The Bertz CT molecular complexity index is 1060. The van der Waals surface area contributed by atoms with E-state index in [1.165, 1.54) is 11.0 Å². The van der Waals surface area contributed by atoms with Gasteiger partial charge in [0.05, 0.1) is 24.1 Å². The van der Waals surface area contributed by atoms with Gasteiger partial charge in [-0.05, 0) is 56.8 Å². The van der Waals surface area contributed by atoms with Crippen LogP contribution in [0.5, 0.6) is 11.5 Å². The fraction of sp³-hybridized carbons (Fsp3) is 0.625. The number of benzene rings is 1. The number of aromatic amines is 1. The van der Waals surface area contributed by atoms with Crippen molar-refractivity contribution < 1.29 is 14.3 Å². The molecule has 1 amide bonds. The van der Waals surface area contributed by atoms with Gasteiger partial charge in [0, 0.05) is 25.1 Å². The lowest BCUT2D eigenvalue weighted by molar-refractivity contribution is -0.122. The van der Waals surface area contributed by atoms with E-state index in [9.17, 15) is 9.59 Å². The van der Waals surface area contributed by atoms with Crippen LogP contribution in [0.3, 0.4) is 0 Å². The molecule has 1 aliphatic rings. The first-order valence-electron chi connectivity index (χ1n) is 11.7. The largest absolute Gasteiger partial charge is 0.490 e. The number of carbonyl (C=O) groups is 1. The number of hydrogen-bond donors (Lipinski definition) is 2. The molecule has 1 aromatic carbocycles. The highest BCUT2D eigenvalue weighted by Gasteiger charge is 2.27. The molecular weight excluding hydrogens is 426 g/mol. The third-order valence-corrected chi connectivity index (χ3v) is 6.81. The number of carbonyl (C=O) groups excluding carboxylic acids is 1. The highest BCUT2D eigenvalue weighted by molar-refractivity contribution is 7.71. The summed E-state index contributed by atoms with van der Waals surface area (Å²) >= 11 is 5.43. The maximum absolute atomic E-state index is 13.1. The molecular formula is C24H35N3O4S. The van der Waals surface area contributed by atoms with Gasteiger partial charge < -0.3 is 19.8 Å². The predicted octanol–water partition coefficient (Wildman–Crippen LogP) is 4.58. The number of ether oxygens (including phenoxy) is 2. The first-order chi connectivity index (χ1) is 15.3. The van der Waals surface area contributed by atoms with Gasteiger partial charge in [-0.2, -0.15) is 0 Å². The van der Waals surface area contributed by atoms with Crippen LogP contribution in [-0.4, -0.2) is 34.7 Å². The molecule has 1 fully saturated rings. The van der Waals surface area contributed by atoms with E-state index in [0.29, 0.717) is 71.6 Å². The number of aromatic nitrogens is 2. The van der Waals surface area contributed by atoms with Gasteiger partial charge >= 0.3 is 0 Å². The number of H-pyrrole nitrogens is 1. The molecule has 0 aliphatic heterocycles. The number of nitrogens with zero attached hydrogens (tertiary/aromatic N) is 1. The summed E-state index contributed by atoms with van der Waals surface area (Å²) in [6, 6.07) is 3.70. The van der Waals surface area contributed by atoms with E-state index in [0.717, 1.165) is 12.8 Å². The fourth-order valence-corrected chi connectivity index (χ4v) is 4.75. The molecule has 1 saturated carbocycles. The Kier molecular flexibility index (Phi) is 8.34. The lowest BCUT2D eigenvalue weighted by Gasteiger charge is -2.34. The number of amides is 1. The van der Waals surface area contributed by atoms with Gasteiger partial charge in [0.15, 0.2) is 16.3 Å². The van der Waals surface area contributed by atoms with E-state index in [1.54, 1.807) is 12.1 Å². The Morgan fingerprint density at radius 1 is 1.19 bits per heavy atom. The zero-order valence-corrected chi connectivity index (χ0v) is 20.3. The van der Waals surface area contributed by atoms with Crippen molar-refractivity contribution in [3.8, 4) is 11.5 Å². The number of fused-ring (bicyclic) bond motifs is 1. The molecule has 3 atom stereocenters. The highest BCUT2D eigenvalue weighted by Crippen LogP contribution is 2.31. The normalized spacial score (nSPS) is 20.8. The summed E-state index contributed by atoms with van der Waals surface area (Å²) in [6.07, 6.45) is 4.34. The summed E-state index contributed by atoms with van der Waals surface area (Å²) in [5, 5.41) is 3.68. The summed E-state index contributed by atoms with van der Waals surface area (Å²) in [5.41, 5.74) is 0.421. The van der Waals surface area contributed by atoms with Gasteiger partial charge in [0.2, 0.25) is 5.91 Å². The Hall–Kier alpha value is -2.35. The lowest BCUT2D eigenvalue weighted by atomic mass is 9.78. The molecule has 1 aromatic heterocycles. The Morgan fingerprint density at radius 3 is 2.56 bits per heavy atom. The van der Waals surface area contributed by atoms with Crippen molar-refractivity contribution in [2.24, 2.45) is 11.8 Å². The van der Waals surface area contributed by atoms with Crippen molar-refractivity contribution in [2.45, 2.75) is 72.4 Å². The summed E-state index contributed by atoms with van der Waals surface area (Å²) < 4.78 is 13.2. The van der Waals surface area contributed by atoms with Gasteiger partial charge in [0.1, 0.15) is 0 Å². The van der Waals surface area contributed by atoms with E-state index in [1.807, 2.05) is 13.8 Å². The molecule has 0 spiro atoms. The van der Waals surface area contributed by atoms with Crippen LogP contribution in [0.25, 0.3) is 10.9 Å². The number of nitrogens with one attached hydrogen (secondary N) is 2. The van der Waals surface area contributed by atoms with Crippen LogP contribution in [0, 0.1) is 16.6 Å².